The maximum atomic E-state index is 12.6. The first kappa shape index (κ1) is 18.5. The average molecular weight is 398 g/mol. The van der Waals surface area contributed by atoms with Crippen molar-refractivity contribution in [3.8, 4) is 5.88 Å². The molecule has 28 heavy (non-hydrogen) atoms. The molecule has 3 N–H and O–H groups in total. The first-order chi connectivity index (χ1) is 13.7. The minimum atomic E-state index is 0.0839. The normalized spacial score (nSPS) is 16.2. The Kier molecular flexibility index (Phi) is 5.29. The van der Waals surface area contributed by atoms with Crippen LogP contribution in [0.1, 0.15) is 6.42 Å². The zero-order chi connectivity index (χ0) is 19.5. The zero-order valence-corrected chi connectivity index (χ0v) is 16.5. The molecule has 0 bridgehead atoms. The predicted molar refractivity (Wildman–Crippen MR) is 113 cm³/mol. The number of para-hydroxylation sites is 2. The summed E-state index contributed by atoms with van der Waals surface area (Å²) < 4.78 is 5.04. The molecule has 0 unspecified atom stereocenters. The highest BCUT2D eigenvalue weighted by molar-refractivity contribution is 8.03. The summed E-state index contributed by atoms with van der Waals surface area (Å²) in [6.07, 6.45) is 2.50. The molecular formula is C20H23N5O2S. The number of pyridine rings is 1. The number of nitrogens with one attached hydrogen (secondary N) is 1. The van der Waals surface area contributed by atoms with Gasteiger partial charge in [-0.2, -0.15) is 0 Å². The van der Waals surface area contributed by atoms with E-state index in [1.54, 1.807) is 31.1 Å². The van der Waals surface area contributed by atoms with Crippen molar-refractivity contribution < 1.29 is 9.53 Å². The summed E-state index contributed by atoms with van der Waals surface area (Å²) >= 11 is 1.79. The topological polar surface area (TPSA) is 83.7 Å². The lowest BCUT2D eigenvalue weighted by molar-refractivity contribution is -0.129. The van der Waals surface area contributed by atoms with Crippen LogP contribution in [0.4, 0.5) is 17.1 Å². The van der Waals surface area contributed by atoms with E-state index in [4.69, 9.17) is 10.5 Å². The summed E-state index contributed by atoms with van der Waals surface area (Å²) in [4.78, 5) is 22.2. The Morgan fingerprint density at radius 2 is 2.18 bits per heavy atom. The lowest BCUT2D eigenvalue weighted by Gasteiger charge is -2.31. The quantitative estimate of drug-likeness (QED) is 0.751. The van der Waals surface area contributed by atoms with Gasteiger partial charge in [-0.25, -0.2) is 4.98 Å². The number of benzene rings is 1. The number of anilines is 3. The maximum Gasteiger partial charge on any atom is 0.242 e. The van der Waals surface area contributed by atoms with Gasteiger partial charge in [0.05, 0.1) is 49.3 Å². The summed E-state index contributed by atoms with van der Waals surface area (Å²) in [5, 5.41) is 3.14. The first-order valence-electron chi connectivity index (χ1n) is 9.14. The number of nitrogens with zero attached hydrogens (tertiary/aromatic N) is 3. The van der Waals surface area contributed by atoms with E-state index < -0.39 is 0 Å². The number of nitrogen functional groups attached to an aromatic ring is 1. The van der Waals surface area contributed by atoms with Crippen molar-refractivity contribution >= 4 is 34.7 Å². The number of carbonyl (C=O) groups excluding carboxylic acids is 1. The molecule has 0 atom stereocenters. The summed E-state index contributed by atoms with van der Waals surface area (Å²) in [6, 6.07) is 11.6. The minimum Gasteiger partial charge on any atom is -0.481 e. The van der Waals surface area contributed by atoms with Gasteiger partial charge >= 0.3 is 0 Å². The van der Waals surface area contributed by atoms with Crippen molar-refractivity contribution in [2.45, 2.75) is 6.42 Å². The highest BCUT2D eigenvalue weighted by Crippen LogP contribution is 2.41. The molecule has 0 fully saturated rings. The van der Waals surface area contributed by atoms with Crippen LogP contribution < -0.4 is 20.7 Å². The number of rotatable bonds is 5. The van der Waals surface area contributed by atoms with Crippen molar-refractivity contribution in [1.29, 1.82) is 0 Å². The second-order valence-electron chi connectivity index (χ2n) is 6.64. The van der Waals surface area contributed by atoms with Gasteiger partial charge in [0, 0.05) is 29.6 Å². The van der Waals surface area contributed by atoms with E-state index in [1.807, 2.05) is 29.2 Å². The number of thioether (sulfide) groups is 1. The molecule has 3 heterocycles. The fourth-order valence-electron chi connectivity index (χ4n) is 3.42. The molecule has 146 valence electrons. The number of amides is 1. The summed E-state index contributed by atoms with van der Waals surface area (Å²) in [5.41, 5.74) is 10.1. The maximum absolute atomic E-state index is 12.6. The fourth-order valence-corrected chi connectivity index (χ4v) is 4.62. The van der Waals surface area contributed by atoms with E-state index in [0.29, 0.717) is 19.0 Å². The largest absolute Gasteiger partial charge is 0.481 e. The van der Waals surface area contributed by atoms with Crippen LogP contribution in [0.2, 0.25) is 0 Å². The predicted octanol–water partition coefficient (Wildman–Crippen LogP) is 2.74. The Hall–Kier alpha value is -2.87. The van der Waals surface area contributed by atoms with Gasteiger partial charge < -0.3 is 25.6 Å². The highest BCUT2D eigenvalue weighted by atomic mass is 32.2. The van der Waals surface area contributed by atoms with Crippen molar-refractivity contribution in [2.24, 2.45) is 0 Å². The van der Waals surface area contributed by atoms with Crippen LogP contribution in [0, 0.1) is 0 Å². The standard InChI is InChI=1S/C20H23N5O2S/c1-27-19-7-6-14(10-23-19)22-11-20(26)24-9-8-17-18(12-24)28-13-25(17)16-5-3-2-4-15(16)21/h2-7,10,22H,8-9,11-13,21H2,1H3. The molecule has 4 rings (SSSR count). The molecule has 7 nitrogen and oxygen atoms in total. The number of hydrogen-bond donors (Lipinski definition) is 2. The van der Waals surface area contributed by atoms with Crippen molar-refractivity contribution in [3.05, 3.63) is 53.2 Å². The number of carbonyl (C=O) groups is 1. The van der Waals surface area contributed by atoms with Gasteiger partial charge in [-0.05, 0) is 18.2 Å². The lowest BCUT2D eigenvalue weighted by atomic mass is 10.1. The fraction of sp³-hybridized carbons (Fsp3) is 0.300. The van der Waals surface area contributed by atoms with Gasteiger partial charge in [0.1, 0.15) is 0 Å². The van der Waals surface area contributed by atoms with E-state index in [-0.39, 0.29) is 12.5 Å². The van der Waals surface area contributed by atoms with Crippen LogP contribution in [0.15, 0.2) is 53.2 Å². The van der Waals surface area contributed by atoms with E-state index in [2.05, 4.69) is 21.3 Å². The molecule has 0 saturated carbocycles. The smallest absolute Gasteiger partial charge is 0.242 e. The second kappa shape index (κ2) is 8.02. The van der Waals surface area contributed by atoms with Crippen molar-refractivity contribution in [2.75, 3.05) is 48.6 Å². The average Bonchev–Trinajstić information content (AvgIpc) is 3.15. The highest BCUT2D eigenvalue weighted by Gasteiger charge is 2.31. The van der Waals surface area contributed by atoms with Gasteiger partial charge in [-0.1, -0.05) is 12.1 Å². The number of nitrogens with two attached hydrogens (primary N) is 1. The second-order valence-corrected chi connectivity index (χ2v) is 7.68. The molecule has 2 aromatic rings. The summed E-state index contributed by atoms with van der Waals surface area (Å²) in [5.74, 6) is 1.48. The number of methoxy groups -OCH3 is 1. The van der Waals surface area contributed by atoms with E-state index >= 15 is 0 Å². The monoisotopic (exact) mass is 397 g/mol. The molecule has 1 amide bonds. The molecule has 0 spiro atoms. The molecule has 1 aromatic heterocycles. The van der Waals surface area contributed by atoms with Gasteiger partial charge in [0.25, 0.3) is 0 Å². The Labute approximate surface area is 168 Å². The summed E-state index contributed by atoms with van der Waals surface area (Å²) in [6.45, 7) is 1.62. The van der Waals surface area contributed by atoms with Crippen molar-refractivity contribution in [1.82, 2.24) is 9.88 Å². The zero-order valence-electron chi connectivity index (χ0n) is 15.7. The molecule has 0 aliphatic carbocycles. The van der Waals surface area contributed by atoms with Gasteiger partial charge in [-0.15, -0.1) is 11.8 Å². The van der Waals surface area contributed by atoms with Gasteiger partial charge in [-0.3, -0.25) is 4.79 Å². The molecule has 0 radical (unpaired) electrons. The number of hydrogen-bond acceptors (Lipinski definition) is 7. The molecule has 0 saturated heterocycles. The SMILES string of the molecule is COc1ccc(NCC(=O)N2CCC3=C(C2)SCN3c2ccccc2N)cn1. The lowest BCUT2D eigenvalue weighted by Crippen LogP contribution is -2.40. The van der Waals surface area contributed by atoms with Crippen LogP contribution in [0.5, 0.6) is 5.88 Å². The van der Waals surface area contributed by atoms with E-state index in [1.165, 1.54) is 10.6 Å². The minimum absolute atomic E-state index is 0.0839. The van der Waals surface area contributed by atoms with E-state index in [0.717, 1.165) is 29.4 Å². The van der Waals surface area contributed by atoms with Gasteiger partial charge in [0.2, 0.25) is 11.8 Å². The molecule has 2 aliphatic heterocycles. The van der Waals surface area contributed by atoms with E-state index in [9.17, 15) is 4.79 Å². The Balaban J connectivity index is 1.37. The van der Waals surface area contributed by atoms with Gasteiger partial charge in [0.15, 0.2) is 0 Å². The van der Waals surface area contributed by atoms with Crippen LogP contribution in [-0.4, -0.2) is 48.4 Å². The molecule has 2 aliphatic rings. The summed E-state index contributed by atoms with van der Waals surface area (Å²) in [7, 11) is 1.58. The van der Waals surface area contributed by atoms with Crippen LogP contribution in [-0.2, 0) is 4.79 Å². The first-order valence-corrected chi connectivity index (χ1v) is 10.1. The third-order valence-corrected chi connectivity index (χ3v) is 6.04. The third kappa shape index (κ3) is 3.73. The van der Waals surface area contributed by atoms with Crippen LogP contribution >= 0.6 is 11.8 Å². The molecule has 8 heteroatoms. The Bertz CT molecular complexity index is 900. The Morgan fingerprint density at radius 3 is 2.93 bits per heavy atom. The van der Waals surface area contributed by atoms with Crippen molar-refractivity contribution in [3.63, 3.8) is 0 Å². The number of aromatic nitrogens is 1. The van der Waals surface area contributed by atoms with Crippen LogP contribution in [0.3, 0.4) is 0 Å². The molecular weight excluding hydrogens is 374 g/mol. The molecule has 1 aromatic carbocycles. The van der Waals surface area contributed by atoms with Crippen LogP contribution in [0.25, 0.3) is 0 Å². The third-order valence-electron chi connectivity index (χ3n) is 4.94. The number of ether oxygens (including phenoxy) is 1. The Morgan fingerprint density at radius 1 is 1.32 bits per heavy atom.